The maximum atomic E-state index is 5.87. The second-order valence-corrected chi connectivity index (χ2v) is 6.05. The van der Waals surface area contributed by atoms with E-state index in [0.29, 0.717) is 12.6 Å². The van der Waals surface area contributed by atoms with Crippen LogP contribution >= 0.6 is 0 Å². The smallest absolute Gasteiger partial charge is 0.119 e. The molecule has 118 valence electrons. The summed E-state index contributed by atoms with van der Waals surface area (Å²) in [7, 11) is 2.17. The lowest BCUT2D eigenvalue weighted by atomic mass is 10.1. The van der Waals surface area contributed by atoms with Crippen molar-refractivity contribution in [1.82, 2.24) is 4.90 Å². The van der Waals surface area contributed by atoms with Crippen LogP contribution in [0.3, 0.4) is 0 Å². The van der Waals surface area contributed by atoms with Gasteiger partial charge in [-0.25, -0.2) is 0 Å². The molecule has 2 rings (SSSR count). The zero-order valence-corrected chi connectivity index (χ0v) is 14.2. The summed E-state index contributed by atoms with van der Waals surface area (Å²) in [5.41, 5.74) is 3.84. The van der Waals surface area contributed by atoms with Crippen molar-refractivity contribution in [2.24, 2.45) is 0 Å². The molecule has 0 saturated heterocycles. The molecule has 0 N–H and O–H groups in total. The highest BCUT2D eigenvalue weighted by Gasteiger charge is 2.08. The van der Waals surface area contributed by atoms with Crippen LogP contribution in [0.1, 0.15) is 30.5 Å². The van der Waals surface area contributed by atoms with Gasteiger partial charge in [0.05, 0.1) is 0 Å². The first-order valence-corrected chi connectivity index (χ1v) is 8.06. The highest BCUT2D eigenvalue weighted by molar-refractivity contribution is 5.28. The molecule has 0 aromatic heterocycles. The standard InChI is InChI=1S/C20H27NO/c1-5-21(4)17(3)14-18-9-11-20(12-10-18)22-15-19-8-6-7-16(2)13-19/h6-13,17H,5,14-15H2,1-4H3/t17-/m1/s1. The normalized spacial score (nSPS) is 12.4. The zero-order valence-electron chi connectivity index (χ0n) is 14.2. The Morgan fingerprint density at radius 3 is 2.41 bits per heavy atom. The maximum absolute atomic E-state index is 5.87. The number of likely N-dealkylation sites (N-methyl/N-ethyl adjacent to an activating group) is 1. The van der Waals surface area contributed by atoms with Gasteiger partial charge in [0.1, 0.15) is 12.4 Å². The molecular weight excluding hydrogens is 270 g/mol. The third-order valence-electron chi connectivity index (χ3n) is 4.19. The Balaban J connectivity index is 1.89. The van der Waals surface area contributed by atoms with Crippen LogP contribution in [-0.4, -0.2) is 24.5 Å². The number of rotatable bonds is 7. The number of hydrogen-bond donors (Lipinski definition) is 0. The van der Waals surface area contributed by atoms with Crippen LogP contribution in [0.5, 0.6) is 5.75 Å². The summed E-state index contributed by atoms with van der Waals surface area (Å²) >= 11 is 0. The van der Waals surface area contributed by atoms with Crippen molar-refractivity contribution in [1.29, 1.82) is 0 Å². The molecule has 0 fully saturated rings. The molecule has 0 aliphatic rings. The molecule has 0 radical (unpaired) electrons. The summed E-state index contributed by atoms with van der Waals surface area (Å²) in [5, 5.41) is 0. The largest absolute Gasteiger partial charge is 0.489 e. The Hall–Kier alpha value is -1.80. The molecule has 0 unspecified atom stereocenters. The van der Waals surface area contributed by atoms with E-state index in [-0.39, 0.29) is 0 Å². The van der Waals surface area contributed by atoms with E-state index >= 15 is 0 Å². The molecule has 0 spiro atoms. The highest BCUT2D eigenvalue weighted by Crippen LogP contribution is 2.16. The lowest BCUT2D eigenvalue weighted by Gasteiger charge is -2.23. The summed E-state index contributed by atoms with van der Waals surface area (Å²) in [6.07, 6.45) is 1.07. The fraction of sp³-hybridized carbons (Fsp3) is 0.400. The van der Waals surface area contributed by atoms with E-state index in [1.165, 1.54) is 16.7 Å². The van der Waals surface area contributed by atoms with Crippen LogP contribution in [0.15, 0.2) is 48.5 Å². The van der Waals surface area contributed by atoms with Crippen molar-refractivity contribution in [3.8, 4) is 5.75 Å². The quantitative estimate of drug-likeness (QED) is 0.748. The Bertz CT molecular complexity index is 577. The van der Waals surface area contributed by atoms with E-state index in [2.05, 4.69) is 81.2 Å². The van der Waals surface area contributed by atoms with Crippen LogP contribution in [-0.2, 0) is 13.0 Å². The minimum absolute atomic E-state index is 0.559. The molecule has 0 aliphatic carbocycles. The monoisotopic (exact) mass is 297 g/mol. The van der Waals surface area contributed by atoms with Gasteiger partial charge in [-0.1, -0.05) is 48.9 Å². The molecule has 22 heavy (non-hydrogen) atoms. The molecule has 2 heteroatoms. The Labute approximate surface area is 134 Å². The van der Waals surface area contributed by atoms with Crippen LogP contribution < -0.4 is 4.74 Å². The SMILES string of the molecule is CCN(C)[C@H](C)Cc1ccc(OCc2cccc(C)c2)cc1. The molecule has 1 atom stereocenters. The highest BCUT2D eigenvalue weighted by atomic mass is 16.5. The lowest BCUT2D eigenvalue weighted by Crippen LogP contribution is -2.30. The topological polar surface area (TPSA) is 12.5 Å². The third-order valence-corrected chi connectivity index (χ3v) is 4.19. The lowest BCUT2D eigenvalue weighted by molar-refractivity contribution is 0.269. The number of benzene rings is 2. The van der Waals surface area contributed by atoms with Crippen LogP contribution in [0.25, 0.3) is 0 Å². The van der Waals surface area contributed by atoms with Crippen molar-refractivity contribution in [2.45, 2.75) is 39.8 Å². The van der Waals surface area contributed by atoms with E-state index in [0.717, 1.165) is 18.7 Å². The van der Waals surface area contributed by atoms with Crippen LogP contribution in [0.2, 0.25) is 0 Å². The predicted octanol–water partition coefficient (Wildman–Crippen LogP) is 4.46. The van der Waals surface area contributed by atoms with Crippen molar-refractivity contribution in [2.75, 3.05) is 13.6 Å². The number of nitrogens with zero attached hydrogens (tertiary/aromatic N) is 1. The first-order chi connectivity index (χ1) is 10.6. The van der Waals surface area contributed by atoms with Gasteiger partial charge in [0, 0.05) is 6.04 Å². The van der Waals surface area contributed by atoms with Crippen molar-refractivity contribution in [3.05, 3.63) is 65.2 Å². The minimum atomic E-state index is 0.559. The molecule has 2 nitrogen and oxygen atoms in total. The first-order valence-electron chi connectivity index (χ1n) is 8.06. The molecule has 0 amide bonds. The molecule has 2 aromatic rings. The average Bonchev–Trinajstić information content (AvgIpc) is 2.53. The summed E-state index contributed by atoms with van der Waals surface area (Å²) in [6.45, 7) is 8.27. The van der Waals surface area contributed by atoms with Crippen LogP contribution in [0, 0.1) is 6.92 Å². The molecule has 2 aromatic carbocycles. The Kier molecular flexibility index (Phi) is 6.02. The molecular formula is C20H27NO. The van der Waals surface area contributed by atoms with Crippen molar-refractivity contribution < 1.29 is 4.74 Å². The fourth-order valence-electron chi connectivity index (χ4n) is 2.50. The molecule has 0 saturated carbocycles. The second kappa shape index (κ2) is 8.00. The van der Waals surface area contributed by atoms with Gasteiger partial charge in [-0.3, -0.25) is 0 Å². The summed E-state index contributed by atoms with van der Waals surface area (Å²) in [6, 6.07) is 17.5. The van der Waals surface area contributed by atoms with E-state index in [1.54, 1.807) is 0 Å². The second-order valence-electron chi connectivity index (χ2n) is 6.05. The minimum Gasteiger partial charge on any atom is -0.489 e. The van der Waals surface area contributed by atoms with Gasteiger partial charge in [0.2, 0.25) is 0 Å². The molecule has 0 bridgehead atoms. The van der Waals surface area contributed by atoms with Gasteiger partial charge in [-0.15, -0.1) is 0 Å². The third kappa shape index (κ3) is 4.88. The fourth-order valence-corrected chi connectivity index (χ4v) is 2.50. The molecule has 0 heterocycles. The van der Waals surface area contributed by atoms with E-state index in [9.17, 15) is 0 Å². The summed E-state index contributed by atoms with van der Waals surface area (Å²) in [4.78, 5) is 2.36. The predicted molar refractivity (Wildman–Crippen MR) is 93.4 cm³/mol. The van der Waals surface area contributed by atoms with E-state index in [4.69, 9.17) is 4.74 Å². The van der Waals surface area contributed by atoms with E-state index < -0.39 is 0 Å². The summed E-state index contributed by atoms with van der Waals surface area (Å²) < 4.78 is 5.87. The van der Waals surface area contributed by atoms with Crippen molar-refractivity contribution >= 4 is 0 Å². The van der Waals surface area contributed by atoms with Crippen molar-refractivity contribution in [3.63, 3.8) is 0 Å². The Morgan fingerprint density at radius 2 is 1.77 bits per heavy atom. The van der Waals surface area contributed by atoms with Gasteiger partial charge in [0.15, 0.2) is 0 Å². The van der Waals surface area contributed by atoms with Gasteiger partial charge >= 0.3 is 0 Å². The van der Waals surface area contributed by atoms with E-state index in [1.807, 2.05) is 0 Å². The first kappa shape index (κ1) is 16.6. The Morgan fingerprint density at radius 1 is 1.05 bits per heavy atom. The van der Waals surface area contributed by atoms with Gasteiger partial charge in [-0.2, -0.15) is 0 Å². The zero-order chi connectivity index (χ0) is 15.9. The maximum Gasteiger partial charge on any atom is 0.119 e. The number of ether oxygens (including phenoxy) is 1. The number of hydrogen-bond acceptors (Lipinski definition) is 2. The van der Waals surface area contributed by atoms with Gasteiger partial charge in [-0.05, 0) is 57.1 Å². The van der Waals surface area contributed by atoms with Gasteiger partial charge in [0.25, 0.3) is 0 Å². The van der Waals surface area contributed by atoms with Crippen LogP contribution in [0.4, 0.5) is 0 Å². The number of aryl methyl sites for hydroxylation is 1. The van der Waals surface area contributed by atoms with Gasteiger partial charge < -0.3 is 9.64 Å². The average molecular weight is 297 g/mol. The summed E-state index contributed by atoms with van der Waals surface area (Å²) in [5.74, 6) is 0.932. The molecule has 0 aliphatic heterocycles.